The third kappa shape index (κ3) is 4.70. The lowest BCUT2D eigenvalue weighted by atomic mass is 10.1. The Morgan fingerprint density at radius 3 is 2.71 bits per heavy atom. The van der Waals surface area contributed by atoms with Crippen molar-refractivity contribution >= 4 is 0 Å². The summed E-state index contributed by atoms with van der Waals surface area (Å²) in [7, 11) is 0. The molecule has 1 heterocycles. The SMILES string of the molecule is Cc1nc(CCOCC(F)F)ncc1[C@@H](C)N. The van der Waals surface area contributed by atoms with Crippen molar-refractivity contribution in [3.05, 3.63) is 23.3 Å². The highest BCUT2D eigenvalue weighted by Gasteiger charge is 2.07. The van der Waals surface area contributed by atoms with Crippen LogP contribution in [-0.2, 0) is 11.2 Å². The molecule has 0 aliphatic rings. The first kappa shape index (κ1) is 13.9. The number of hydrogen-bond donors (Lipinski definition) is 1. The number of rotatable bonds is 6. The lowest BCUT2D eigenvalue weighted by molar-refractivity contribution is 0.0182. The minimum absolute atomic E-state index is 0.112. The molecule has 0 unspecified atom stereocenters. The van der Waals surface area contributed by atoms with E-state index in [2.05, 4.69) is 9.97 Å². The van der Waals surface area contributed by atoms with E-state index in [1.54, 1.807) is 6.20 Å². The molecule has 0 saturated carbocycles. The summed E-state index contributed by atoms with van der Waals surface area (Å²) in [5, 5.41) is 0. The molecule has 1 atom stereocenters. The fourth-order valence-electron chi connectivity index (χ4n) is 1.43. The molecule has 6 heteroatoms. The Balaban J connectivity index is 2.47. The predicted octanol–water partition coefficient (Wildman–Crippen LogP) is 1.63. The van der Waals surface area contributed by atoms with Gasteiger partial charge < -0.3 is 10.5 Å². The van der Waals surface area contributed by atoms with Crippen LogP contribution in [0.15, 0.2) is 6.20 Å². The van der Waals surface area contributed by atoms with E-state index in [0.29, 0.717) is 12.2 Å². The number of aryl methyl sites for hydroxylation is 1. The highest BCUT2D eigenvalue weighted by Crippen LogP contribution is 2.11. The molecule has 1 aromatic heterocycles. The van der Waals surface area contributed by atoms with Gasteiger partial charge in [-0.3, -0.25) is 0 Å². The summed E-state index contributed by atoms with van der Waals surface area (Å²) >= 11 is 0. The first-order chi connectivity index (χ1) is 8.00. The summed E-state index contributed by atoms with van der Waals surface area (Å²) in [5.41, 5.74) is 7.44. The van der Waals surface area contributed by atoms with Crippen molar-refractivity contribution in [2.75, 3.05) is 13.2 Å². The maximum Gasteiger partial charge on any atom is 0.261 e. The maximum absolute atomic E-state index is 11.8. The molecule has 0 aromatic carbocycles. The van der Waals surface area contributed by atoms with Crippen molar-refractivity contribution in [1.82, 2.24) is 9.97 Å². The molecule has 4 nitrogen and oxygen atoms in total. The highest BCUT2D eigenvalue weighted by atomic mass is 19.3. The van der Waals surface area contributed by atoms with Gasteiger partial charge in [0.2, 0.25) is 0 Å². The van der Waals surface area contributed by atoms with E-state index >= 15 is 0 Å². The van der Waals surface area contributed by atoms with Crippen LogP contribution in [0.2, 0.25) is 0 Å². The van der Waals surface area contributed by atoms with Gasteiger partial charge in [0.15, 0.2) is 0 Å². The molecule has 1 aromatic rings. The summed E-state index contributed by atoms with van der Waals surface area (Å²) in [6, 6.07) is -0.112. The first-order valence-corrected chi connectivity index (χ1v) is 5.44. The van der Waals surface area contributed by atoms with Crippen molar-refractivity contribution in [3.8, 4) is 0 Å². The Bertz CT molecular complexity index is 359. The quantitative estimate of drug-likeness (QED) is 0.774. The lowest BCUT2D eigenvalue weighted by Gasteiger charge is -2.09. The topological polar surface area (TPSA) is 61.0 Å². The van der Waals surface area contributed by atoms with Crippen LogP contribution < -0.4 is 5.73 Å². The van der Waals surface area contributed by atoms with E-state index in [4.69, 9.17) is 10.5 Å². The summed E-state index contributed by atoms with van der Waals surface area (Å²) in [6.45, 7) is 3.36. The molecule has 0 fully saturated rings. The average molecular weight is 245 g/mol. The number of alkyl halides is 2. The maximum atomic E-state index is 11.8. The molecule has 0 bridgehead atoms. The molecule has 0 aliphatic heterocycles. The molecular formula is C11H17F2N3O. The number of nitrogens with zero attached hydrogens (tertiary/aromatic N) is 2. The molecule has 2 N–H and O–H groups in total. The van der Waals surface area contributed by atoms with Crippen LogP contribution in [0.1, 0.15) is 30.0 Å². The molecule has 0 spiro atoms. The largest absolute Gasteiger partial charge is 0.375 e. The normalized spacial score (nSPS) is 13.1. The highest BCUT2D eigenvalue weighted by molar-refractivity contribution is 5.19. The molecule has 1 rings (SSSR count). The summed E-state index contributed by atoms with van der Waals surface area (Å²) < 4.78 is 28.4. The van der Waals surface area contributed by atoms with E-state index in [9.17, 15) is 8.78 Å². The van der Waals surface area contributed by atoms with E-state index < -0.39 is 13.0 Å². The van der Waals surface area contributed by atoms with Gasteiger partial charge in [0.1, 0.15) is 12.4 Å². The van der Waals surface area contributed by atoms with Crippen LogP contribution >= 0.6 is 0 Å². The third-order valence-corrected chi connectivity index (χ3v) is 2.27. The van der Waals surface area contributed by atoms with Crippen molar-refractivity contribution in [2.24, 2.45) is 5.73 Å². The lowest BCUT2D eigenvalue weighted by Crippen LogP contribution is -2.12. The van der Waals surface area contributed by atoms with Crippen molar-refractivity contribution in [1.29, 1.82) is 0 Å². The van der Waals surface area contributed by atoms with E-state index in [1.807, 2.05) is 13.8 Å². The zero-order valence-electron chi connectivity index (χ0n) is 9.99. The predicted molar refractivity (Wildman–Crippen MR) is 59.9 cm³/mol. The molecule has 0 amide bonds. The summed E-state index contributed by atoms with van der Waals surface area (Å²) in [6.07, 6.45) is -0.333. The van der Waals surface area contributed by atoms with Crippen molar-refractivity contribution in [2.45, 2.75) is 32.7 Å². The first-order valence-electron chi connectivity index (χ1n) is 5.44. The fourth-order valence-corrected chi connectivity index (χ4v) is 1.43. The number of aromatic nitrogens is 2. The minimum atomic E-state index is -2.43. The Labute approximate surface area is 99.2 Å². The fraction of sp³-hybridized carbons (Fsp3) is 0.636. The van der Waals surface area contributed by atoms with Crippen molar-refractivity contribution in [3.63, 3.8) is 0 Å². The van der Waals surface area contributed by atoms with Crippen LogP contribution in [0.3, 0.4) is 0 Å². The summed E-state index contributed by atoms with van der Waals surface area (Å²) in [4.78, 5) is 8.37. The number of hydrogen-bond acceptors (Lipinski definition) is 4. The molecule has 96 valence electrons. The minimum Gasteiger partial charge on any atom is -0.375 e. The van der Waals surface area contributed by atoms with E-state index in [0.717, 1.165) is 11.3 Å². The third-order valence-electron chi connectivity index (χ3n) is 2.27. The van der Waals surface area contributed by atoms with Gasteiger partial charge in [0.25, 0.3) is 6.43 Å². The van der Waals surface area contributed by atoms with Crippen LogP contribution in [0.4, 0.5) is 8.78 Å². The van der Waals surface area contributed by atoms with Crippen LogP contribution in [0.5, 0.6) is 0 Å². The molecule has 0 aliphatic carbocycles. The Hall–Kier alpha value is -1.14. The standard InChI is InChI=1S/C11H17F2N3O/c1-7(14)9-5-15-11(16-8(9)2)3-4-17-6-10(12)13/h5,7,10H,3-4,6,14H2,1-2H3/t7-/m1/s1. The molecule has 0 radical (unpaired) electrons. The average Bonchev–Trinajstić information content (AvgIpc) is 2.23. The monoisotopic (exact) mass is 245 g/mol. The van der Waals surface area contributed by atoms with Gasteiger partial charge in [0, 0.05) is 29.9 Å². The van der Waals surface area contributed by atoms with Gasteiger partial charge in [-0.15, -0.1) is 0 Å². The number of nitrogens with two attached hydrogens (primary N) is 1. The number of ether oxygens (including phenoxy) is 1. The summed E-state index contributed by atoms with van der Waals surface area (Å²) in [5.74, 6) is 0.584. The van der Waals surface area contributed by atoms with Gasteiger partial charge in [0.05, 0.1) is 6.61 Å². The van der Waals surface area contributed by atoms with Crippen LogP contribution in [0.25, 0.3) is 0 Å². The Kier molecular flexibility index (Phi) is 5.37. The molecule has 17 heavy (non-hydrogen) atoms. The van der Waals surface area contributed by atoms with Crippen LogP contribution in [0, 0.1) is 6.92 Å². The molecular weight excluding hydrogens is 228 g/mol. The molecule has 0 saturated heterocycles. The Morgan fingerprint density at radius 1 is 1.47 bits per heavy atom. The second-order valence-electron chi connectivity index (χ2n) is 3.83. The van der Waals surface area contributed by atoms with E-state index in [-0.39, 0.29) is 12.6 Å². The zero-order chi connectivity index (χ0) is 12.8. The van der Waals surface area contributed by atoms with Gasteiger partial charge >= 0.3 is 0 Å². The Morgan fingerprint density at radius 2 is 2.18 bits per heavy atom. The second-order valence-corrected chi connectivity index (χ2v) is 3.83. The number of halogens is 2. The smallest absolute Gasteiger partial charge is 0.261 e. The van der Waals surface area contributed by atoms with Gasteiger partial charge in [-0.25, -0.2) is 18.7 Å². The van der Waals surface area contributed by atoms with Crippen LogP contribution in [-0.4, -0.2) is 29.6 Å². The van der Waals surface area contributed by atoms with Gasteiger partial charge in [-0.05, 0) is 13.8 Å². The zero-order valence-corrected chi connectivity index (χ0v) is 9.99. The van der Waals surface area contributed by atoms with E-state index in [1.165, 1.54) is 0 Å². The van der Waals surface area contributed by atoms with Gasteiger partial charge in [-0.2, -0.15) is 0 Å². The van der Waals surface area contributed by atoms with Crippen molar-refractivity contribution < 1.29 is 13.5 Å². The second kappa shape index (κ2) is 6.56. The van der Waals surface area contributed by atoms with Gasteiger partial charge in [-0.1, -0.05) is 0 Å².